The van der Waals surface area contributed by atoms with Gasteiger partial charge in [-0.05, 0) is 28.9 Å². The van der Waals surface area contributed by atoms with Gasteiger partial charge in [0.2, 0.25) is 15.0 Å². The summed E-state index contributed by atoms with van der Waals surface area (Å²) in [4.78, 5) is 3.96. The smallest absolute Gasteiger partial charge is 0.377 e. The predicted octanol–water partition coefficient (Wildman–Crippen LogP) is 3.35. The summed E-state index contributed by atoms with van der Waals surface area (Å²) >= 11 is 9.73. The Morgan fingerprint density at radius 3 is 2.62 bits per heavy atom. The van der Waals surface area contributed by atoms with Crippen LogP contribution in [0.5, 0.6) is 0 Å². The molecule has 0 aliphatic carbocycles. The van der Waals surface area contributed by atoms with Gasteiger partial charge in [0.05, 0.1) is 29.3 Å². The van der Waals surface area contributed by atoms with Crippen molar-refractivity contribution in [2.45, 2.75) is 23.5 Å². The number of nitrogens with one attached hydrogen (secondary N) is 1. The van der Waals surface area contributed by atoms with Crippen LogP contribution in [0.3, 0.4) is 0 Å². The molecule has 3 aromatic rings. The van der Waals surface area contributed by atoms with E-state index in [9.17, 15) is 21.6 Å². The molecular formula is C14H10BrClF3N5O3S2. The molecule has 0 aromatic carbocycles. The number of hydrogen-bond donors (Lipinski definition) is 1. The second kappa shape index (κ2) is 6.85. The minimum Gasteiger partial charge on any atom is -0.377 e. The Hall–Kier alpha value is -1.32. The molecular weight excluding hydrogens is 523 g/mol. The van der Waals surface area contributed by atoms with Crippen LogP contribution in [0.2, 0.25) is 5.02 Å². The van der Waals surface area contributed by atoms with Crippen LogP contribution in [0.1, 0.15) is 11.9 Å². The minimum absolute atomic E-state index is 0.0305. The molecule has 156 valence electrons. The van der Waals surface area contributed by atoms with Crippen molar-refractivity contribution in [2.75, 3.05) is 13.2 Å². The molecule has 1 aliphatic heterocycles. The summed E-state index contributed by atoms with van der Waals surface area (Å²) in [5.41, 5.74) is -0.470. The number of rotatable bonds is 4. The molecule has 0 radical (unpaired) electrons. The summed E-state index contributed by atoms with van der Waals surface area (Å²) in [7, 11) is -3.99. The van der Waals surface area contributed by atoms with E-state index in [0.717, 1.165) is 0 Å². The van der Waals surface area contributed by atoms with Gasteiger partial charge in [0.1, 0.15) is 9.50 Å². The number of fused-ring (bicyclic) bond motifs is 1. The van der Waals surface area contributed by atoms with Gasteiger partial charge in [0, 0.05) is 6.20 Å². The molecule has 0 saturated carbocycles. The van der Waals surface area contributed by atoms with Crippen LogP contribution >= 0.6 is 38.9 Å². The first-order valence-corrected chi connectivity index (χ1v) is 11.3. The lowest BCUT2D eigenvalue weighted by Crippen LogP contribution is -2.59. The van der Waals surface area contributed by atoms with Crippen LogP contribution in [0, 0.1) is 0 Å². The maximum atomic E-state index is 12.9. The summed E-state index contributed by atoms with van der Waals surface area (Å²) in [6, 6.07) is 1.24. The fourth-order valence-electron chi connectivity index (χ4n) is 2.68. The molecule has 15 heteroatoms. The molecule has 3 aromatic heterocycles. The van der Waals surface area contributed by atoms with Crippen molar-refractivity contribution < 1.29 is 26.3 Å². The van der Waals surface area contributed by atoms with Gasteiger partial charge in [-0.3, -0.25) is 4.40 Å². The number of aromatic nitrogens is 4. The molecule has 0 bridgehead atoms. The van der Waals surface area contributed by atoms with Crippen molar-refractivity contribution in [3.8, 4) is 10.8 Å². The summed E-state index contributed by atoms with van der Waals surface area (Å²) in [5.74, 6) is -0.0305. The first-order chi connectivity index (χ1) is 13.4. The lowest BCUT2D eigenvalue weighted by Gasteiger charge is -2.38. The van der Waals surface area contributed by atoms with E-state index < -0.39 is 26.7 Å². The Kier molecular flexibility index (Phi) is 4.94. The molecule has 0 amide bonds. The monoisotopic (exact) mass is 531 g/mol. The Labute approximate surface area is 179 Å². The standard InChI is InChI=1S/C14H10BrClF3N5O3S2/c1-13(4-27-5-13)23-29(25,26)6-2-7(16)8-9(15)20-10(24(8)3-6)11-21-22-12(28-11)14(17,18)19/h2-3,23H,4-5H2,1H3. The normalized spacial score (nSPS) is 16.9. The molecule has 1 aliphatic rings. The lowest BCUT2D eigenvalue weighted by molar-refractivity contribution is -0.138. The van der Waals surface area contributed by atoms with Crippen molar-refractivity contribution in [1.29, 1.82) is 0 Å². The molecule has 0 atom stereocenters. The second-order valence-corrected chi connectivity index (χ2v) is 10.4. The van der Waals surface area contributed by atoms with Gasteiger partial charge in [0.25, 0.3) is 0 Å². The maximum Gasteiger partial charge on any atom is 0.445 e. The van der Waals surface area contributed by atoms with Gasteiger partial charge in [0.15, 0.2) is 10.8 Å². The number of ether oxygens (including phenoxy) is 1. The summed E-state index contributed by atoms with van der Waals surface area (Å²) in [6.07, 6.45) is -3.44. The second-order valence-electron chi connectivity index (χ2n) is 6.54. The molecule has 1 saturated heterocycles. The number of halogens is 5. The minimum atomic E-state index is -4.66. The number of imidazole rings is 1. The average Bonchev–Trinajstić information content (AvgIpc) is 3.18. The van der Waals surface area contributed by atoms with Crippen LogP contribution < -0.4 is 4.72 Å². The molecule has 1 fully saturated rings. The lowest BCUT2D eigenvalue weighted by atomic mass is 10.0. The van der Waals surface area contributed by atoms with E-state index in [1.54, 1.807) is 6.92 Å². The molecule has 0 spiro atoms. The van der Waals surface area contributed by atoms with Gasteiger partial charge in [-0.25, -0.2) is 18.1 Å². The number of pyridine rings is 1. The topological polar surface area (TPSA) is 98.5 Å². The Balaban J connectivity index is 1.84. The molecule has 0 unspecified atom stereocenters. The van der Waals surface area contributed by atoms with Crippen LogP contribution in [-0.4, -0.2) is 46.8 Å². The first kappa shape index (κ1) is 20.9. The van der Waals surface area contributed by atoms with Crippen molar-refractivity contribution in [2.24, 2.45) is 0 Å². The van der Waals surface area contributed by atoms with Gasteiger partial charge in [-0.15, -0.1) is 10.2 Å². The number of alkyl halides is 3. The number of sulfonamides is 1. The van der Waals surface area contributed by atoms with E-state index in [2.05, 4.69) is 35.8 Å². The van der Waals surface area contributed by atoms with Crippen molar-refractivity contribution in [3.63, 3.8) is 0 Å². The zero-order valence-corrected chi connectivity index (χ0v) is 18.3. The third-order valence-corrected chi connectivity index (χ3v) is 7.42. The summed E-state index contributed by atoms with van der Waals surface area (Å²) in [5, 5.41) is 5.43. The molecule has 4 heterocycles. The van der Waals surface area contributed by atoms with Crippen molar-refractivity contribution in [1.82, 2.24) is 24.3 Å². The quantitative estimate of drug-likeness (QED) is 0.553. The highest BCUT2D eigenvalue weighted by molar-refractivity contribution is 9.10. The Morgan fingerprint density at radius 1 is 1.38 bits per heavy atom. The van der Waals surface area contributed by atoms with E-state index in [1.807, 2.05) is 0 Å². The van der Waals surface area contributed by atoms with Crippen molar-refractivity contribution >= 4 is 54.4 Å². The fraction of sp³-hybridized carbons (Fsp3) is 0.357. The maximum absolute atomic E-state index is 12.9. The zero-order valence-electron chi connectivity index (χ0n) is 14.3. The third kappa shape index (κ3) is 3.77. The Morgan fingerprint density at radius 2 is 2.07 bits per heavy atom. The highest BCUT2D eigenvalue weighted by atomic mass is 79.9. The summed E-state index contributed by atoms with van der Waals surface area (Å²) < 4.78 is 73.2. The van der Waals surface area contributed by atoms with E-state index >= 15 is 0 Å². The molecule has 8 nitrogen and oxygen atoms in total. The van der Waals surface area contributed by atoms with Crippen LogP contribution in [0.4, 0.5) is 13.2 Å². The zero-order chi connectivity index (χ0) is 21.2. The number of hydrogen-bond acceptors (Lipinski definition) is 7. The van der Waals surface area contributed by atoms with Crippen LogP contribution in [0.15, 0.2) is 21.8 Å². The van der Waals surface area contributed by atoms with E-state index in [0.29, 0.717) is 0 Å². The molecule has 1 N–H and O–H groups in total. The average molecular weight is 533 g/mol. The van der Waals surface area contributed by atoms with Gasteiger partial charge < -0.3 is 4.74 Å². The fourth-order valence-corrected chi connectivity index (χ4v) is 5.83. The van der Waals surface area contributed by atoms with Gasteiger partial charge >= 0.3 is 6.18 Å². The first-order valence-electron chi connectivity index (χ1n) is 7.80. The van der Waals surface area contributed by atoms with E-state index in [1.165, 1.54) is 16.7 Å². The SMILES string of the molecule is CC1(NS(=O)(=O)c2cc(Cl)c3c(Br)nc(-c4nnc(C(F)(F)F)s4)n3c2)COC1. The third-order valence-electron chi connectivity index (χ3n) is 4.01. The van der Waals surface area contributed by atoms with E-state index in [4.69, 9.17) is 16.3 Å². The number of nitrogens with zero attached hydrogens (tertiary/aromatic N) is 4. The van der Waals surface area contributed by atoms with Gasteiger partial charge in [-0.1, -0.05) is 22.9 Å². The molecule has 29 heavy (non-hydrogen) atoms. The molecule has 4 rings (SSSR count). The summed E-state index contributed by atoms with van der Waals surface area (Å²) in [6.45, 7) is 2.12. The highest BCUT2D eigenvalue weighted by Gasteiger charge is 2.39. The van der Waals surface area contributed by atoms with Crippen molar-refractivity contribution in [3.05, 3.63) is 26.9 Å². The largest absolute Gasteiger partial charge is 0.445 e. The van der Waals surface area contributed by atoms with Crippen LogP contribution in [0.25, 0.3) is 16.3 Å². The highest BCUT2D eigenvalue weighted by Crippen LogP contribution is 2.37. The predicted molar refractivity (Wildman–Crippen MR) is 101 cm³/mol. The van der Waals surface area contributed by atoms with Crippen LogP contribution in [-0.2, 0) is 20.9 Å². The van der Waals surface area contributed by atoms with Gasteiger partial charge in [-0.2, -0.15) is 13.2 Å². The Bertz CT molecular complexity index is 1220. The van der Waals surface area contributed by atoms with E-state index in [-0.39, 0.29) is 55.4 Å².